The fraction of sp³-hybridized carbons (Fsp3) is 0.300. The van der Waals surface area contributed by atoms with Crippen molar-refractivity contribution in [3.63, 3.8) is 0 Å². The summed E-state index contributed by atoms with van der Waals surface area (Å²) < 4.78 is 1.84. The van der Waals surface area contributed by atoms with E-state index in [1.165, 1.54) is 6.33 Å². The Hall–Kier alpha value is -5.08. The van der Waals surface area contributed by atoms with Gasteiger partial charge in [-0.1, -0.05) is 30.7 Å². The second-order valence-electron chi connectivity index (χ2n) is 10.6. The van der Waals surface area contributed by atoms with E-state index in [1.807, 2.05) is 29.7 Å². The summed E-state index contributed by atoms with van der Waals surface area (Å²) in [6.07, 6.45) is 2.49. The predicted octanol–water partition coefficient (Wildman–Crippen LogP) is 0.901. The highest BCUT2D eigenvalue weighted by molar-refractivity contribution is 6.33. The van der Waals surface area contributed by atoms with Crippen molar-refractivity contribution >= 4 is 52.2 Å². The Bertz CT molecular complexity index is 1750. The molecular weight excluding hydrogens is 600 g/mol. The highest BCUT2D eigenvalue weighted by atomic mass is 35.5. The lowest BCUT2D eigenvalue weighted by atomic mass is 9.86. The van der Waals surface area contributed by atoms with Crippen LogP contribution >= 0.6 is 11.6 Å². The van der Waals surface area contributed by atoms with Gasteiger partial charge in [0.15, 0.2) is 17.0 Å². The van der Waals surface area contributed by atoms with Gasteiger partial charge in [-0.25, -0.2) is 15.0 Å². The maximum absolute atomic E-state index is 12.7. The van der Waals surface area contributed by atoms with E-state index in [0.29, 0.717) is 77.1 Å². The van der Waals surface area contributed by atoms with Crippen molar-refractivity contribution in [2.75, 3.05) is 37.6 Å². The summed E-state index contributed by atoms with van der Waals surface area (Å²) in [5.41, 5.74) is 12.7. The van der Waals surface area contributed by atoms with Gasteiger partial charge in [-0.2, -0.15) is 0 Å². The lowest BCUT2D eigenvalue weighted by Gasteiger charge is -2.40. The number of anilines is 1. The number of likely N-dealkylation sites (N-methyl/N-ethyl adjacent to an activating group) is 1. The smallest absolute Gasteiger partial charge is 0.251 e. The Morgan fingerprint density at radius 3 is 2.31 bits per heavy atom. The molecule has 0 aliphatic carbocycles. The lowest BCUT2D eigenvalue weighted by Crippen LogP contribution is -2.61. The second-order valence-corrected chi connectivity index (χ2v) is 11.0. The number of amides is 4. The van der Waals surface area contributed by atoms with Crippen LogP contribution in [0.3, 0.4) is 0 Å². The van der Waals surface area contributed by atoms with Gasteiger partial charge in [0.2, 0.25) is 17.7 Å². The predicted molar refractivity (Wildman–Crippen MR) is 169 cm³/mol. The van der Waals surface area contributed by atoms with Crippen LogP contribution in [-0.2, 0) is 14.4 Å². The number of hydrogen-bond donors (Lipinski definition) is 5. The molecule has 0 atom stereocenters. The molecule has 2 aromatic heterocycles. The van der Waals surface area contributed by atoms with Gasteiger partial charge >= 0.3 is 0 Å². The first-order valence-electron chi connectivity index (χ1n) is 14.4. The number of halogens is 1. The van der Waals surface area contributed by atoms with Crippen LogP contribution < -0.4 is 32.3 Å². The van der Waals surface area contributed by atoms with E-state index in [0.717, 1.165) is 0 Å². The van der Waals surface area contributed by atoms with Crippen molar-refractivity contribution in [2.24, 2.45) is 11.5 Å². The number of aromatic nitrogens is 4. The summed E-state index contributed by atoms with van der Waals surface area (Å²) in [6.45, 7) is 2.99. The zero-order chi connectivity index (χ0) is 32.1. The van der Waals surface area contributed by atoms with E-state index < -0.39 is 23.3 Å². The van der Waals surface area contributed by atoms with Crippen LogP contribution in [0.4, 0.5) is 5.82 Å². The molecule has 0 radical (unpaired) electrons. The molecule has 14 nitrogen and oxygen atoms in total. The molecule has 1 saturated heterocycles. The van der Waals surface area contributed by atoms with Crippen molar-refractivity contribution in [1.29, 1.82) is 0 Å². The van der Waals surface area contributed by atoms with E-state index in [1.54, 1.807) is 30.3 Å². The van der Waals surface area contributed by atoms with E-state index in [4.69, 9.17) is 28.1 Å². The summed E-state index contributed by atoms with van der Waals surface area (Å²) in [5, 5.41) is 8.59. The molecule has 0 saturated carbocycles. The number of benzene rings is 2. The molecule has 0 bridgehead atoms. The fourth-order valence-electron chi connectivity index (χ4n) is 5.40. The van der Waals surface area contributed by atoms with Crippen LogP contribution in [0.5, 0.6) is 0 Å². The average molecular weight is 633 g/mol. The molecule has 0 spiro atoms. The van der Waals surface area contributed by atoms with Crippen LogP contribution in [0.2, 0.25) is 5.02 Å². The molecular formula is C30H33ClN10O4. The SMILES string of the molecule is CCNC1(C(N)=O)CCN(c2ncnc3c2nc(-c2ccccc2Cl)n3-c2ccc(C(=O)NCC(=O)NCC(N)=O)cc2)CC1. The number of nitrogens with zero attached hydrogens (tertiary/aromatic N) is 5. The van der Waals surface area contributed by atoms with Gasteiger partial charge in [0.25, 0.3) is 5.91 Å². The first-order valence-corrected chi connectivity index (χ1v) is 14.7. The van der Waals surface area contributed by atoms with Crippen LogP contribution in [0, 0.1) is 0 Å². The van der Waals surface area contributed by atoms with Crippen LogP contribution in [-0.4, -0.2) is 81.4 Å². The quantitative estimate of drug-likeness (QED) is 0.159. The summed E-state index contributed by atoms with van der Waals surface area (Å²) in [7, 11) is 0. The number of primary amides is 2. The molecule has 7 N–H and O–H groups in total. The number of hydrogen-bond acceptors (Lipinski definition) is 9. The van der Waals surface area contributed by atoms with E-state index >= 15 is 0 Å². The minimum absolute atomic E-state index is 0.312. The molecule has 5 rings (SSSR count). The van der Waals surface area contributed by atoms with Crippen molar-refractivity contribution in [3.8, 4) is 17.1 Å². The summed E-state index contributed by atoms with van der Waals surface area (Å²) in [5.74, 6) is -0.929. The number of piperidine rings is 1. The first kappa shape index (κ1) is 31.3. The third-order valence-electron chi connectivity index (χ3n) is 7.70. The minimum Gasteiger partial charge on any atom is -0.368 e. The highest BCUT2D eigenvalue weighted by Gasteiger charge is 2.40. The van der Waals surface area contributed by atoms with Gasteiger partial charge in [0, 0.05) is 29.9 Å². The topological polar surface area (TPSA) is 203 Å². The molecule has 4 aromatic rings. The Labute approximate surface area is 263 Å². The van der Waals surface area contributed by atoms with Gasteiger partial charge < -0.3 is 32.3 Å². The standard InChI is InChI=1S/C30H33ClN10O4/c1-2-38-30(29(33)45)11-13-40(14-12-30)26-24-27(37-17-36-26)41(25(39-24)20-5-3-4-6-21(20)31)19-9-7-18(8-10-19)28(44)35-16-23(43)34-15-22(32)42/h3-10,17,38H,2,11-16H2,1H3,(H2,32,42)(H2,33,45)(H,34,43)(H,35,44). The molecule has 1 aliphatic rings. The molecule has 3 heterocycles. The van der Waals surface area contributed by atoms with Crippen molar-refractivity contribution < 1.29 is 19.2 Å². The summed E-state index contributed by atoms with van der Waals surface area (Å²) in [4.78, 5) is 64.0. The van der Waals surface area contributed by atoms with Crippen LogP contribution in [0.15, 0.2) is 54.9 Å². The zero-order valence-electron chi connectivity index (χ0n) is 24.5. The van der Waals surface area contributed by atoms with Crippen molar-refractivity contribution in [2.45, 2.75) is 25.3 Å². The number of carbonyl (C=O) groups excluding carboxylic acids is 4. The number of nitrogens with two attached hydrogens (primary N) is 2. The number of rotatable bonds is 11. The van der Waals surface area contributed by atoms with Crippen molar-refractivity contribution in [1.82, 2.24) is 35.5 Å². The molecule has 15 heteroatoms. The third kappa shape index (κ3) is 6.56. The zero-order valence-corrected chi connectivity index (χ0v) is 25.3. The molecule has 1 aliphatic heterocycles. The molecule has 234 valence electrons. The average Bonchev–Trinajstić information content (AvgIpc) is 3.43. The number of fused-ring (bicyclic) bond motifs is 1. The normalized spacial score (nSPS) is 14.2. The van der Waals surface area contributed by atoms with E-state index in [9.17, 15) is 19.2 Å². The van der Waals surface area contributed by atoms with E-state index in [2.05, 4.69) is 30.8 Å². The molecule has 45 heavy (non-hydrogen) atoms. The fourth-order valence-corrected chi connectivity index (χ4v) is 5.62. The number of carbonyl (C=O) groups is 4. The maximum atomic E-state index is 12.7. The van der Waals surface area contributed by atoms with Gasteiger partial charge in [-0.15, -0.1) is 0 Å². The van der Waals surface area contributed by atoms with Crippen LogP contribution in [0.1, 0.15) is 30.1 Å². The lowest BCUT2D eigenvalue weighted by molar-refractivity contribution is -0.125. The Kier molecular flexibility index (Phi) is 9.25. The van der Waals surface area contributed by atoms with Gasteiger partial charge in [0.1, 0.15) is 17.7 Å². The Balaban J connectivity index is 1.48. The first-order chi connectivity index (χ1) is 21.6. The maximum Gasteiger partial charge on any atom is 0.251 e. The van der Waals surface area contributed by atoms with E-state index in [-0.39, 0.29) is 19.0 Å². The molecule has 4 amide bonds. The second kappa shape index (κ2) is 13.3. The number of imidazole rings is 1. The summed E-state index contributed by atoms with van der Waals surface area (Å²) in [6, 6.07) is 14.0. The largest absolute Gasteiger partial charge is 0.368 e. The monoisotopic (exact) mass is 632 g/mol. The Morgan fingerprint density at radius 1 is 0.956 bits per heavy atom. The molecule has 1 fully saturated rings. The minimum atomic E-state index is -0.777. The number of nitrogens with one attached hydrogen (secondary N) is 3. The van der Waals surface area contributed by atoms with Gasteiger partial charge in [-0.05, 0) is 55.8 Å². The van der Waals surface area contributed by atoms with Gasteiger partial charge in [0.05, 0.1) is 18.1 Å². The summed E-state index contributed by atoms with van der Waals surface area (Å²) >= 11 is 6.63. The van der Waals surface area contributed by atoms with Gasteiger partial charge in [-0.3, -0.25) is 23.7 Å². The van der Waals surface area contributed by atoms with Crippen molar-refractivity contribution in [3.05, 3.63) is 65.4 Å². The highest BCUT2D eigenvalue weighted by Crippen LogP contribution is 2.36. The third-order valence-corrected chi connectivity index (χ3v) is 8.03. The molecule has 0 unspecified atom stereocenters. The Morgan fingerprint density at radius 2 is 1.67 bits per heavy atom. The van der Waals surface area contributed by atoms with Crippen LogP contribution in [0.25, 0.3) is 28.2 Å². The molecule has 2 aromatic carbocycles.